The Hall–Kier alpha value is -1.53. The van der Waals surface area contributed by atoms with E-state index in [1.165, 1.54) is 0 Å². The zero-order valence-electron chi connectivity index (χ0n) is 9.20. The van der Waals surface area contributed by atoms with Gasteiger partial charge in [0.25, 0.3) is 0 Å². The molecule has 80 valence electrons. The second kappa shape index (κ2) is 5.38. The Bertz CT molecular complexity index is 366. The van der Waals surface area contributed by atoms with Gasteiger partial charge in [-0.15, -0.1) is 0 Å². The molecule has 1 aromatic carbocycles. The number of phenolic OH excluding ortho intramolecular Hbond substituents is 1. The van der Waals surface area contributed by atoms with Crippen LogP contribution in [0.5, 0.6) is 5.75 Å². The number of aryl methyl sites for hydroxylation is 1. The summed E-state index contributed by atoms with van der Waals surface area (Å²) in [7, 11) is 3.92. The van der Waals surface area contributed by atoms with Crippen LogP contribution in [0.1, 0.15) is 17.5 Å². The van der Waals surface area contributed by atoms with Crippen LogP contribution in [0.3, 0.4) is 0 Å². The molecule has 0 radical (unpaired) electrons. The van der Waals surface area contributed by atoms with E-state index < -0.39 is 0 Å². The van der Waals surface area contributed by atoms with E-state index in [0.29, 0.717) is 18.7 Å². The number of phenols is 1. The van der Waals surface area contributed by atoms with E-state index in [9.17, 15) is 5.11 Å². The molecular weight excluding hydrogens is 188 g/mol. The predicted octanol–water partition coefficient (Wildman–Crippen LogP) is 1.91. The first-order valence-electron chi connectivity index (χ1n) is 4.96. The number of benzene rings is 1. The molecule has 0 aromatic heterocycles. The minimum absolute atomic E-state index is 0.324. The van der Waals surface area contributed by atoms with Crippen molar-refractivity contribution in [2.24, 2.45) is 0 Å². The van der Waals surface area contributed by atoms with Gasteiger partial charge < -0.3 is 10.0 Å². The monoisotopic (exact) mass is 204 g/mol. The van der Waals surface area contributed by atoms with Gasteiger partial charge in [-0.05, 0) is 32.1 Å². The second-order valence-electron chi connectivity index (χ2n) is 3.86. The van der Waals surface area contributed by atoms with Crippen LogP contribution in [0.4, 0.5) is 0 Å². The lowest BCUT2D eigenvalue weighted by Gasteiger charge is -2.12. The van der Waals surface area contributed by atoms with Crippen molar-refractivity contribution in [3.63, 3.8) is 0 Å². The largest absolute Gasteiger partial charge is 0.508 e. The number of hydrogen-bond acceptors (Lipinski definition) is 3. The van der Waals surface area contributed by atoms with Gasteiger partial charge in [-0.2, -0.15) is 5.26 Å². The molecule has 0 aliphatic heterocycles. The first-order chi connectivity index (χ1) is 7.13. The number of rotatable bonds is 4. The summed E-state index contributed by atoms with van der Waals surface area (Å²) in [6, 6.07) is 7.65. The fourth-order valence-electron chi connectivity index (χ4n) is 1.46. The number of hydrogen-bond donors (Lipinski definition) is 1. The number of aromatic hydroxyl groups is 1. The van der Waals surface area contributed by atoms with Gasteiger partial charge >= 0.3 is 0 Å². The molecular formula is C12H16N2O. The van der Waals surface area contributed by atoms with Crippen molar-refractivity contribution in [2.45, 2.75) is 19.4 Å². The van der Waals surface area contributed by atoms with Gasteiger partial charge in [-0.25, -0.2) is 0 Å². The molecule has 3 heteroatoms. The van der Waals surface area contributed by atoms with Crippen LogP contribution in [0, 0.1) is 11.3 Å². The highest BCUT2D eigenvalue weighted by Crippen LogP contribution is 2.20. The van der Waals surface area contributed by atoms with Crippen molar-refractivity contribution < 1.29 is 5.11 Å². The Morgan fingerprint density at radius 2 is 2.13 bits per heavy atom. The van der Waals surface area contributed by atoms with E-state index in [0.717, 1.165) is 17.5 Å². The smallest absolute Gasteiger partial charge is 0.120 e. The summed E-state index contributed by atoms with van der Waals surface area (Å²) in [5.41, 5.74) is 2.02. The van der Waals surface area contributed by atoms with E-state index in [2.05, 4.69) is 6.07 Å². The van der Waals surface area contributed by atoms with Gasteiger partial charge in [0, 0.05) is 18.5 Å². The predicted molar refractivity (Wildman–Crippen MR) is 59.4 cm³/mol. The first-order valence-corrected chi connectivity index (χ1v) is 4.96. The van der Waals surface area contributed by atoms with Gasteiger partial charge in [0.1, 0.15) is 5.75 Å². The van der Waals surface area contributed by atoms with Crippen LogP contribution < -0.4 is 0 Å². The van der Waals surface area contributed by atoms with Crippen LogP contribution in [0.15, 0.2) is 18.2 Å². The van der Waals surface area contributed by atoms with Crippen LogP contribution in [0.2, 0.25) is 0 Å². The van der Waals surface area contributed by atoms with E-state index in [1.54, 1.807) is 6.07 Å². The Morgan fingerprint density at radius 3 is 2.73 bits per heavy atom. The first kappa shape index (κ1) is 11.5. The third kappa shape index (κ3) is 3.61. The molecule has 0 fully saturated rings. The topological polar surface area (TPSA) is 47.3 Å². The second-order valence-corrected chi connectivity index (χ2v) is 3.86. The highest BCUT2D eigenvalue weighted by Gasteiger charge is 2.03. The molecule has 3 nitrogen and oxygen atoms in total. The van der Waals surface area contributed by atoms with Crippen molar-refractivity contribution in [1.82, 2.24) is 4.90 Å². The third-order valence-corrected chi connectivity index (χ3v) is 2.16. The molecule has 0 atom stereocenters. The molecule has 0 saturated carbocycles. The van der Waals surface area contributed by atoms with Gasteiger partial charge in [0.2, 0.25) is 0 Å². The lowest BCUT2D eigenvalue weighted by atomic mass is 10.1. The summed E-state index contributed by atoms with van der Waals surface area (Å²) in [5.74, 6) is 0.324. The molecule has 1 aromatic rings. The Labute approximate surface area is 90.6 Å². The minimum atomic E-state index is 0.324. The van der Waals surface area contributed by atoms with Crippen molar-refractivity contribution in [3.8, 4) is 11.8 Å². The average Bonchev–Trinajstić information content (AvgIpc) is 2.18. The minimum Gasteiger partial charge on any atom is -0.508 e. The van der Waals surface area contributed by atoms with Crippen LogP contribution >= 0.6 is 0 Å². The van der Waals surface area contributed by atoms with Gasteiger partial charge in [0.15, 0.2) is 0 Å². The molecule has 0 unspecified atom stereocenters. The van der Waals surface area contributed by atoms with E-state index in [4.69, 9.17) is 5.26 Å². The van der Waals surface area contributed by atoms with Crippen molar-refractivity contribution in [1.29, 1.82) is 5.26 Å². The molecule has 0 aliphatic rings. The molecule has 1 rings (SSSR count). The molecule has 0 amide bonds. The Kier molecular flexibility index (Phi) is 4.14. The normalized spacial score (nSPS) is 10.3. The standard InChI is InChI=1S/C12H16N2O/c1-14(2)9-11-8-10(4-3-7-13)5-6-12(11)15/h5-6,8,15H,3-4,9H2,1-2H3. The Balaban J connectivity index is 2.81. The summed E-state index contributed by atoms with van der Waals surface area (Å²) in [4.78, 5) is 2.00. The summed E-state index contributed by atoms with van der Waals surface area (Å²) < 4.78 is 0. The van der Waals surface area contributed by atoms with Crippen LogP contribution in [-0.4, -0.2) is 24.1 Å². The van der Waals surface area contributed by atoms with Crippen molar-refractivity contribution in [2.75, 3.05) is 14.1 Å². The van der Waals surface area contributed by atoms with Crippen LogP contribution in [0.25, 0.3) is 0 Å². The summed E-state index contributed by atoms with van der Waals surface area (Å²) in [5, 5.41) is 18.1. The van der Waals surface area contributed by atoms with E-state index in [1.807, 2.05) is 31.1 Å². The summed E-state index contributed by atoms with van der Waals surface area (Å²) in [6.45, 7) is 0.715. The fourth-order valence-corrected chi connectivity index (χ4v) is 1.46. The molecule has 0 aliphatic carbocycles. The molecule has 0 spiro atoms. The highest BCUT2D eigenvalue weighted by atomic mass is 16.3. The van der Waals surface area contributed by atoms with Gasteiger partial charge in [-0.1, -0.05) is 12.1 Å². The SMILES string of the molecule is CN(C)Cc1cc(CCC#N)ccc1O. The zero-order chi connectivity index (χ0) is 11.3. The summed E-state index contributed by atoms with van der Waals surface area (Å²) >= 11 is 0. The summed E-state index contributed by atoms with van der Waals surface area (Å²) in [6.07, 6.45) is 1.27. The van der Waals surface area contributed by atoms with E-state index in [-0.39, 0.29) is 0 Å². The molecule has 1 N–H and O–H groups in total. The quantitative estimate of drug-likeness (QED) is 0.815. The highest BCUT2D eigenvalue weighted by molar-refractivity contribution is 5.36. The number of nitrogens with zero attached hydrogens (tertiary/aromatic N) is 2. The van der Waals surface area contributed by atoms with E-state index >= 15 is 0 Å². The average molecular weight is 204 g/mol. The molecule has 0 heterocycles. The molecule has 0 saturated heterocycles. The maximum atomic E-state index is 9.62. The third-order valence-electron chi connectivity index (χ3n) is 2.16. The molecule has 15 heavy (non-hydrogen) atoms. The maximum absolute atomic E-state index is 9.62. The van der Waals surface area contributed by atoms with Crippen molar-refractivity contribution in [3.05, 3.63) is 29.3 Å². The van der Waals surface area contributed by atoms with Gasteiger partial charge in [0.05, 0.1) is 6.07 Å². The number of nitriles is 1. The lowest BCUT2D eigenvalue weighted by Crippen LogP contribution is -2.11. The Morgan fingerprint density at radius 1 is 1.40 bits per heavy atom. The zero-order valence-corrected chi connectivity index (χ0v) is 9.20. The van der Waals surface area contributed by atoms with Crippen molar-refractivity contribution >= 4 is 0 Å². The lowest BCUT2D eigenvalue weighted by molar-refractivity contribution is 0.385. The van der Waals surface area contributed by atoms with Gasteiger partial charge in [-0.3, -0.25) is 0 Å². The molecule has 0 bridgehead atoms. The van der Waals surface area contributed by atoms with Crippen LogP contribution in [-0.2, 0) is 13.0 Å². The fraction of sp³-hybridized carbons (Fsp3) is 0.417. The maximum Gasteiger partial charge on any atom is 0.120 e.